The molecule has 3 aromatic rings. The number of benzene rings is 1. The highest BCUT2D eigenvalue weighted by Gasteiger charge is 2.29. The van der Waals surface area contributed by atoms with Crippen LogP contribution in [0.15, 0.2) is 40.3 Å². The molecule has 0 spiro atoms. The van der Waals surface area contributed by atoms with Gasteiger partial charge in [0.2, 0.25) is 5.91 Å². The minimum atomic E-state index is -0.896. The van der Waals surface area contributed by atoms with Gasteiger partial charge in [-0.05, 0) is 49.3 Å². The second kappa shape index (κ2) is 9.46. The highest BCUT2D eigenvalue weighted by Crippen LogP contribution is 2.36. The Hall–Kier alpha value is -2.65. The van der Waals surface area contributed by atoms with E-state index in [9.17, 15) is 14.4 Å². The van der Waals surface area contributed by atoms with Crippen molar-refractivity contribution in [3.63, 3.8) is 0 Å². The number of thioether (sulfide) groups is 1. The summed E-state index contributed by atoms with van der Waals surface area (Å²) in [5, 5.41) is 2.66. The lowest BCUT2D eigenvalue weighted by atomic mass is 10.1. The van der Waals surface area contributed by atoms with Crippen molar-refractivity contribution in [2.24, 2.45) is 11.7 Å². The van der Waals surface area contributed by atoms with Gasteiger partial charge in [-0.15, -0.1) is 11.3 Å². The summed E-state index contributed by atoms with van der Waals surface area (Å²) in [4.78, 5) is 44.6. The van der Waals surface area contributed by atoms with Crippen LogP contribution in [0.1, 0.15) is 43.6 Å². The molecule has 168 valence electrons. The number of hydrogen-bond acceptors (Lipinski definition) is 6. The van der Waals surface area contributed by atoms with E-state index in [2.05, 4.69) is 5.32 Å². The molecule has 1 unspecified atom stereocenters. The van der Waals surface area contributed by atoms with Crippen molar-refractivity contribution in [2.75, 3.05) is 0 Å². The number of amides is 3. The Bertz CT molecular complexity index is 1220. The average molecular weight is 471 g/mol. The smallest absolute Gasteiger partial charge is 0.318 e. The van der Waals surface area contributed by atoms with Gasteiger partial charge >= 0.3 is 6.03 Å². The number of nitrogens with zero attached hydrogens (tertiary/aromatic N) is 2. The van der Waals surface area contributed by atoms with Crippen LogP contribution in [0.25, 0.3) is 15.9 Å². The van der Waals surface area contributed by atoms with E-state index >= 15 is 0 Å². The molecule has 7 nitrogen and oxygen atoms in total. The molecule has 2 aromatic heterocycles. The molecule has 3 amide bonds. The molecule has 32 heavy (non-hydrogen) atoms. The van der Waals surface area contributed by atoms with Gasteiger partial charge in [-0.2, -0.15) is 0 Å². The van der Waals surface area contributed by atoms with Gasteiger partial charge in [0, 0.05) is 4.88 Å². The van der Waals surface area contributed by atoms with E-state index < -0.39 is 17.2 Å². The van der Waals surface area contributed by atoms with E-state index in [0.29, 0.717) is 16.2 Å². The molecule has 0 bridgehead atoms. The number of nitrogens with two attached hydrogens (primary N) is 1. The topological polar surface area (TPSA) is 107 Å². The molecule has 0 saturated heterocycles. The molecule has 1 aromatic carbocycles. The van der Waals surface area contributed by atoms with Gasteiger partial charge in [0.1, 0.15) is 4.83 Å². The van der Waals surface area contributed by atoms with Crippen molar-refractivity contribution >= 4 is 45.3 Å². The molecule has 1 aliphatic rings. The van der Waals surface area contributed by atoms with Crippen LogP contribution in [0.4, 0.5) is 4.79 Å². The molecule has 0 radical (unpaired) electrons. The number of carbonyl (C=O) groups excluding carboxylic acids is 2. The van der Waals surface area contributed by atoms with Crippen molar-refractivity contribution < 1.29 is 9.59 Å². The number of rotatable bonds is 5. The Balaban J connectivity index is 1.90. The van der Waals surface area contributed by atoms with E-state index in [4.69, 9.17) is 10.7 Å². The molecule has 4 rings (SSSR count). The summed E-state index contributed by atoms with van der Waals surface area (Å²) in [6.07, 6.45) is 5.23. The zero-order valence-corrected chi connectivity index (χ0v) is 19.7. The van der Waals surface area contributed by atoms with Gasteiger partial charge < -0.3 is 5.73 Å². The standard InChI is InChI=1S/C23H26N4O3S2/c1-13(2)18(19(28)25-22(24)30)32-23-26-20-17(15-11-7-4-8-12-16(15)31-20)21(29)27(23)14-9-5-3-6-10-14/h3,5-6,9-10,13,18H,4,7-8,11-12H2,1-2H3,(H3,24,25,28,30). The summed E-state index contributed by atoms with van der Waals surface area (Å²) in [5.41, 5.74) is 6.88. The first-order valence-electron chi connectivity index (χ1n) is 10.8. The van der Waals surface area contributed by atoms with Gasteiger partial charge in [0.25, 0.3) is 5.56 Å². The van der Waals surface area contributed by atoms with Gasteiger partial charge in [-0.1, -0.05) is 50.2 Å². The molecular formula is C23H26N4O3S2. The number of primary amides is 1. The normalized spacial score (nSPS) is 14.7. The zero-order chi connectivity index (χ0) is 22.8. The fraction of sp³-hybridized carbons (Fsp3) is 0.391. The van der Waals surface area contributed by atoms with E-state index in [-0.39, 0.29) is 11.5 Å². The number of hydrogen-bond donors (Lipinski definition) is 2. The first kappa shape index (κ1) is 22.5. The van der Waals surface area contributed by atoms with Crippen molar-refractivity contribution in [3.8, 4) is 5.69 Å². The summed E-state index contributed by atoms with van der Waals surface area (Å²) in [7, 11) is 0. The lowest BCUT2D eigenvalue weighted by molar-refractivity contribution is -0.120. The Labute approximate surface area is 194 Å². The van der Waals surface area contributed by atoms with E-state index in [0.717, 1.165) is 36.1 Å². The average Bonchev–Trinajstić information content (AvgIpc) is 2.93. The molecular weight excluding hydrogens is 444 g/mol. The van der Waals surface area contributed by atoms with Crippen LogP contribution in [0, 0.1) is 5.92 Å². The van der Waals surface area contributed by atoms with Crippen LogP contribution in [0.3, 0.4) is 0 Å². The SMILES string of the molecule is CC(C)C(Sc1nc2sc3c(c2c(=O)n1-c1ccccc1)CCCCC3)C(=O)NC(N)=O. The van der Waals surface area contributed by atoms with Crippen LogP contribution in [0.2, 0.25) is 0 Å². The summed E-state index contributed by atoms with van der Waals surface area (Å²) >= 11 is 2.77. The molecule has 2 heterocycles. The fourth-order valence-electron chi connectivity index (χ4n) is 4.05. The van der Waals surface area contributed by atoms with Crippen LogP contribution in [-0.4, -0.2) is 26.7 Å². The Morgan fingerprint density at radius 3 is 2.56 bits per heavy atom. The van der Waals surface area contributed by atoms with Crippen LogP contribution < -0.4 is 16.6 Å². The minimum absolute atomic E-state index is 0.110. The lowest BCUT2D eigenvalue weighted by Gasteiger charge is -2.20. The number of thiophene rings is 1. The maximum Gasteiger partial charge on any atom is 0.318 e. The first-order chi connectivity index (χ1) is 15.4. The summed E-state index contributed by atoms with van der Waals surface area (Å²) in [6, 6.07) is 8.45. The fourth-order valence-corrected chi connectivity index (χ4v) is 6.46. The number of carbonyl (C=O) groups is 2. The molecule has 3 N–H and O–H groups in total. The molecule has 9 heteroatoms. The number of aryl methyl sites for hydroxylation is 2. The molecule has 0 aliphatic heterocycles. The molecule has 0 saturated carbocycles. The first-order valence-corrected chi connectivity index (χ1v) is 12.5. The third kappa shape index (κ3) is 4.45. The van der Waals surface area contributed by atoms with Gasteiger partial charge in [0.05, 0.1) is 16.3 Å². The van der Waals surface area contributed by atoms with Crippen molar-refractivity contribution in [1.82, 2.24) is 14.9 Å². The third-order valence-corrected chi connectivity index (χ3v) is 8.25. The second-order valence-electron chi connectivity index (χ2n) is 8.25. The molecule has 1 atom stereocenters. The van der Waals surface area contributed by atoms with Crippen LogP contribution in [-0.2, 0) is 17.6 Å². The van der Waals surface area contributed by atoms with E-state index in [1.807, 2.05) is 44.2 Å². The zero-order valence-electron chi connectivity index (χ0n) is 18.1. The Morgan fingerprint density at radius 1 is 1.16 bits per heavy atom. The number of imide groups is 1. The van der Waals surface area contributed by atoms with Crippen LogP contribution >= 0.6 is 23.1 Å². The highest BCUT2D eigenvalue weighted by molar-refractivity contribution is 8.00. The van der Waals surface area contributed by atoms with Crippen LogP contribution in [0.5, 0.6) is 0 Å². The van der Waals surface area contributed by atoms with Gasteiger partial charge in [0.15, 0.2) is 5.16 Å². The third-order valence-electron chi connectivity index (χ3n) is 5.57. The van der Waals surface area contributed by atoms with Gasteiger partial charge in [-0.25, -0.2) is 9.78 Å². The number of nitrogens with one attached hydrogen (secondary N) is 1. The predicted molar refractivity (Wildman–Crippen MR) is 129 cm³/mol. The number of fused-ring (bicyclic) bond motifs is 3. The van der Waals surface area contributed by atoms with E-state index in [1.165, 1.54) is 23.1 Å². The summed E-state index contributed by atoms with van der Waals surface area (Å²) in [6.45, 7) is 3.77. The largest absolute Gasteiger partial charge is 0.351 e. The maximum absolute atomic E-state index is 13.8. The lowest BCUT2D eigenvalue weighted by Crippen LogP contribution is -2.42. The second-order valence-corrected chi connectivity index (χ2v) is 10.4. The summed E-state index contributed by atoms with van der Waals surface area (Å²) < 4.78 is 1.60. The quantitative estimate of drug-likeness (QED) is 0.333. The van der Waals surface area contributed by atoms with Gasteiger partial charge in [-0.3, -0.25) is 19.5 Å². The van der Waals surface area contributed by atoms with Crippen molar-refractivity contribution in [1.29, 1.82) is 0 Å². The summed E-state index contributed by atoms with van der Waals surface area (Å²) in [5.74, 6) is -0.607. The number of urea groups is 1. The monoisotopic (exact) mass is 470 g/mol. The highest BCUT2D eigenvalue weighted by atomic mass is 32.2. The molecule has 0 fully saturated rings. The Kier molecular flexibility index (Phi) is 6.66. The number of para-hydroxylation sites is 1. The maximum atomic E-state index is 13.8. The van der Waals surface area contributed by atoms with Crippen molar-refractivity contribution in [2.45, 2.75) is 56.4 Å². The van der Waals surface area contributed by atoms with E-state index in [1.54, 1.807) is 15.9 Å². The Morgan fingerprint density at radius 2 is 1.88 bits per heavy atom. The number of aromatic nitrogens is 2. The minimum Gasteiger partial charge on any atom is -0.351 e. The predicted octanol–water partition coefficient (Wildman–Crippen LogP) is 4.03. The van der Waals surface area contributed by atoms with Crippen molar-refractivity contribution in [3.05, 3.63) is 51.1 Å². The molecule has 1 aliphatic carbocycles.